The zero-order valence-electron chi connectivity index (χ0n) is 13.6. The van der Waals surface area contributed by atoms with Crippen LogP contribution in [0.25, 0.3) is 5.57 Å². The van der Waals surface area contributed by atoms with E-state index < -0.39 is 0 Å². The number of hydrogen-bond donors (Lipinski definition) is 1. The number of likely N-dealkylation sites (N-methyl/N-ethyl adjacent to an activating group) is 1. The molecule has 1 heterocycles. The standard InChI is InChI=1S/C14H17NO.2C2H6/c1-2-15-9-11-7-12(15)8-14(11)10-3-5-13(16)6-4-10;2*1-2/h3-6,8,11-12,16H,2,7,9H2,1H3;2*1-2H3. The molecule has 1 aliphatic heterocycles. The molecule has 1 aliphatic carbocycles. The molecule has 1 aromatic rings. The second-order valence-corrected chi connectivity index (χ2v) is 4.76. The Morgan fingerprint density at radius 2 is 1.70 bits per heavy atom. The van der Waals surface area contributed by atoms with E-state index in [9.17, 15) is 5.11 Å². The van der Waals surface area contributed by atoms with Crippen molar-refractivity contribution in [2.45, 2.75) is 47.1 Å². The van der Waals surface area contributed by atoms with E-state index in [4.69, 9.17) is 0 Å². The summed E-state index contributed by atoms with van der Waals surface area (Å²) in [5.41, 5.74) is 2.76. The normalized spacial score (nSPS) is 23.4. The Morgan fingerprint density at radius 3 is 2.15 bits per heavy atom. The molecule has 1 aromatic carbocycles. The smallest absolute Gasteiger partial charge is 0.115 e. The molecule has 0 radical (unpaired) electrons. The summed E-state index contributed by atoms with van der Waals surface area (Å²) < 4.78 is 0. The summed E-state index contributed by atoms with van der Waals surface area (Å²) in [6.07, 6.45) is 3.69. The third kappa shape index (κ3) is 3.43. The Hall–Kier alpha value is -1.28. The van der Waals surface area contributed by atoms with E-state index in [1.807, 2.05) is 39.8 Å². The van der Waals surface area contributed by atoms with E-state index in [-0.39, 0.29) is 0 Å². The van der Waals surface area contributed by atoms with Crippen molar-refractivity contribution in [3.05, 3.63) is 35.9 Å². The van der Waals surface area contributed by atoms with Crippen molar-refractivity contribution in [3.63, 3.8) is 0 Å². The summed E-state index contributed by atoms with van der Waals surface area (Å²) in [5.74, 6) is 1.05. The van der Waals surface area contributed by atoms with E-state index in [2.05, 4.69) is 17.9 Å². The van der Waals surface area contributed by atoms with Crippen LogP contribution in [-0.4, -0.2) is 29.1 Å². The van der Waals surface area contributed by atoms with Crippen LogP contribution in [-0.2, 0) is 0 Å². The van der Waals surface area contributed by atoms with Gasteiger partial charge >= 0.3 is 0 Å². The van der Waals surface area contributed by atoms with Gasteiger partial charge in [-0.05, 0) is 42.2 Å². The number of rotatable bonds is 2. The third-order valence-corrected chi connectivity index (χ3v) is 3.87. The van der Waals surface area contributed by atoms with Crippen LogP contribution in [0.2, 0.25) is 0 Å². The van der Waals surface area contributed by atoms with Crippen molar-refractivity contribution in [2.75, 3.05) is 13.1 Å². The Bertz CT molecular complexity index is 422. The van der Waals surface area contributed by atoms with Gasteiger partial charge in [0, 0.05) is 12.6 Å². The van der Waals surface area contributed by atoms with Crippen molar-refractivity contribution in [3.8, 4) is 5.75 Å². The fourth-order valence-electron chi connectivity index (χ4n) is 3.03. The van der Waals surface area contributed by atoms with Gasteiger partial charge in [0.15, 0.2) is 0 Å². The highest BCUT2D eigenvalue weighted by Crippen LogP contribution is 2.42. The zero-order chi connectivity index (χ0) is 15.1. The van der Waals surface area contributed by atoms with Gasteiger partial charge in [0.25, 0.3) is 0 Å². The molecule has 3 rings (SSSR count). The molecule has 0 aromatic heterocycles. The van der Waals surface area contributed by atoms with Crippen LogP contribution in [0.3, 0.4) is 0 Å². The van der Waals surface area contributed by atoms with Crippen LogP contribution in [0.15, 0.2) is 30.3 Å². The molecule has 2 atom stereocenters. The number of likely N-dealkylation sites (tertiary alicyclic amines) is 1. The van der Waals surface area contributed by atoms with E-state index in [1.54, 1.807) is 12.1 Å². The Balaban J connectivity index is 0.000000461. The lowest BCUT2D eigenvalue weighted by Gasteiger charge is -2.24. The first-order valence-electron chi connectivity index (χ1n) is 8.03. The van der Waals surface area contributed by atoms with E-state index >= 15 is 0 Å². The molecule has 20 heavy (non-hydrogen) atoms. The number of aromatic hydroxyl groups is 1. The maximum Gasteiger partial charge on any atom is 0.115 e. The lowest BCUT2D eigenvalue weighted by Crippen LogP contribution is -2.30. The predicted molar refractivity (Wildman–Crippen MR) is 87.9 cm³/mol. The molecule has 2 nitrogen and oxygen atoms in total. The molecule has 0 spiro atoms. The fourth-order valence-corrected chi connectivity index (χ4v) is 3.03. The van der Waals surface area contributed by atoms with E-state index in [1.165, 1.54) is 24.1 Å². The van der Waals surface area contributed by atoms with Crippen LogP contribution < -0.4 is 0 Å². The topological polar surface area (TPSA) is 23.5 Å². The molecule has 2 heteroatoms. The maximum atomic E-state index is 9.28. The van der Waals surface area contributed by atoms with E-state index in [0.29, 0.717) is 17.7 Å². The van der Waals surface area contributed by atoms with Gasteiger partial charge in [0.2, 0.25) is 0 Å². The molecule has 112 valence electrons. The van der Waals surface area contributed by atoms with Crippen LogP contribution >= 0.6 is 0 Å². The van der Waals surface area contributed by atoms with Crippen molar-refractivity contribution < 1.29 is 5.11 Å². The zero-order valence-corrected chi connectivity index (χ0v) is 13.6. The van der Waals surface area contributed by atoms with E-state index in [0.717, 1.165) is 6.54 Å². The fraction of sp³-hybridized carbons (Fsp3) is 0.556. The third-order valence-electron chi connectivity index (χ3n) is 3.87. The molecule has 1 saturated heterocycles. The van der Waals surface area contributed by atoms with Gasteiger partial charge in [-0.15, -0.1) is 0 Å². The predicted octanol–water partition coefficient (Wildman–Crippen LogP) is 4.55. The summed E-state index contributed by atoms with van der Waals surface area (Å²) in [4.78, 5) is 2.54. The number of phenolic OH excluding ortho intramolecular Hbond substituents is 1. The summed E-state index contributed by atoms with van der Waals surface area (Å²) in [6, 6.07) is 8.26. The quantitative estimate of drug-likeness (QED) is 0.855. The Kier molecular flexibility index (Phi) is 6.80. The van der Waals surface area contributed by atoms with Gasteiger partial charge in [0.05, 0.1) is 0 Å². The average molecular weight is 275 g/mol. The second kappa shape index (κ2) is 8.11. The van der Waals surface area contributed by atoms with Crippen molar-refractivity contribution in [1.29, 1.82) is 0 Å². The van der Waals surface area contributed by atoms with Crippen molar-refractivity contribution in [2.24, 2.45) is 5.92 Å². The summed E-state index contributed by atoms with van der Waals surface area (Å²) in [5, 5.41) is 9.28. The van der Waals surface area contributed by atoms with Gasteiger partial charge in [-0.2, -0.15) is 0 Å². The Morgan fingerprint density at radius 1 is 1.10 bits per heavy atom. The molecule has 2 bridgehead atoms. The van der Waals surface area contributed by atoms with Crippen molar-refractivity contribution in [1.82, 2.24) is 4.90 Å². The van der Waals surface area contributed by atoms with Gasteiger partial charge in [0.1, 0.15) is 5.75 Å². The van der Waals surface area contributed by atoms with Crippen LogP contribution in [0.1, 0.15) is 46.6 Å². The highest BCUT2D eigenvalue weighted by atomic mass is 16.3. The highest BCUT2D eigenvalue weighted by Gasteiger charge is 2.37. The molecule has 0 amide bonds. The second-order valence-electron chi connectivity index (χ2n) is 4.76. The summed E-state index contributed by atoms with van der Waals surface area (Å²) in [7, 11) is 0. The maximum absolute atomic E-state index is 9.28. The summed E-state index contributed by atoms with van der Waals surface area (Å²) in [6.45, 7) is 12.6. The molecule has 0 saturated carbocycles. The monoisotopic (exact) mass is 275 g/mol. The lowest BCUT2D eigenvalue weighted by molar-refractivity contribution is 0.297. The van der Waals surface area contributed by atoms with Gasteiger partial charge in [-0.25, -0.2) is 0 Å². The highest BCUT2D eigenvalue weighted by molar-refractivity contribution is 5.72. The number of fused-ring (bicyclic) bond motifs is 2. The van der Waals surface area contributed by atoms with Crippen LogP contribution in [0, 0.1) is 5.92 Å². The number of phenols is 1. The molecule has 2 aliphatic rings. The van der Waals surface area contributed by atoms with Crippen LogP contribution in [0.4, 0.5) is 0 Å². The number of benzene rings is 1. The molecular weight excluding hydrogens is 246 g/mol. The molecule has 1 fully saturated rings. The van der Waals surface area contributed by atoms with Crippen LogP contribution in [0.5, 0.6) is 5.75 Å². The molecule has 2 unspecified atom stereocenters. The first kappa shape index (κ1) is 16.8. The minimum atomic E-state index is 0.350. The molecular formula is C18H29NO. The minimum Gasteiger partial charge on any atom is -0.508 e. The van der Waals surface area contributed by atoms with Crippen molar-refractivity contribution >= 4 is 5.57 Å². The summed E-state index contributed by atoms with van der Waals surface area (Å²) >= 11 is 0. The Labute approximate surface area is 124 Å². The minimum absolute atomic E-state index is 0.350. The first-order chi connectivity index (χ1) is 9.78. The largest absolute Gasteiger partial charge is 0.508 e. The number of nitrogens with zero attached hydrogens (tertiary/aromatic N) is 1. The van der Waals surface area contributed by atoms with Gasteiger partial charge in [-0.1, -0.05) is 52.8 Å². The lowest BCUT2D eigenvalue weighted by atomic mass is 9.95. The van der Waals surface area contributed by atoms with Gasteiger partial charge < -0.3 is 5.11 Å². The SMILES string of the molecule is CC.CC.CCN1CC2CC1C=C2c1ccc(O)cc1. The molecule has 1 N–H and O–H groups in total. The van der Waals surface area contributed by atoms with Gasteiger partial charge in [-0.3, -0.25) is 4.90 Å². The number of hydrogen-bond acceptors (Lipinski definition) is 2. The first-order valence-corrected chi connectivity index (χ1v) is 8.03. The average Bonchev–Trinajstić information content (AvgIpc) is 3.12.